The molecule has 2 aromatic rings. The van der Waals surface area contributed by atoms with Crippen LogP contribution in [0, 0.1) is 13.2 Å². The number of carbonyl (C=O) groups is 2. The van der Waals surface area contributed by atoms with E-state index in [1.54, 1.807) is 24.3 Å². The Kier molecular flexibility index (Phi) is 22.6. The zero-order valence-electron chi connectivity index (χ0n) is 28.8. The van der Waals surface area contributed by atoms with E-state index in [0.29, 0.717) is 17.5 Å². The summed E-state index contributed by atoms with van der Waals surface area (Å²) in [6.07, 6.45) is 24.7. The normalized spacial score (nSPS) is 11.2. The first kappa shape index (κ1) is 39.5. The first-order valence-electron chi connectivity index (χ1n) is 18.2. The van der Waals surface area contributed by atoms with Crippen molar-refractivity contribution in [3.8, 4) is 0 Å². The maximum Gasteiger partial charge on any atom is 0.373 e. The van der Waals surface area contributed by atoms with Crippen LogP contribution in [0.3, 0.4) is 0 Å². The minimum Gasteiger partial charge on any atom is -0.289 e. The van der Waals surface area contributed by atoms with Crippen molar-refractivity contribution in [1.29, 1.82) is 0 Å². The summed E-state index contributed by atoms with van der Waals surface area (Å²) in [6, 6.07) is 14.7. The van der Waals surface area contributed by atoms with Crippen LogP contribution in [0.15, 0.2) is 48.5 Å². The van der Waals surface area contributed by atoms with E-state index >= 15 is 0 Å². The highest BCUT2D eigenvalue weighted by atomic mass is 17.3. The molecule has 46 heavy (non-hydrogen) atoms. The zero-order valence-corrected chi connectivity index (χ0v) is 28.8. The molecule has 6 heteroatoms. The average molecular weight is 637 g/mol. The van der Waals surface area contributed by atoms with E-state index in [2.05, 4.69) is 20.8 Å². The molecular weight excluding hydrogens is 576 g/mol. The maximum absolute atomic E-state index is 12.7. The third kappa shape index (κ3) is 18.4. The SMILES string of the molecule is [CH2]CCCCCCCCCCCCCC[C](OOC(=O)c1ccc(CCCCC)cc1)OOC(=O)c1ccc(CCCCC)cc1. The van der Waals surface area contributed by atoms with Crippen LogP contribution in [-0.4, -0.2) is 11.9 Å². The predicted octanol–water partition coefficient (Wildman–Crippen LogP) is 11.8. The number of rotatable bonds is 28. The van der Waals surface area contributed by atoms with Crippen molar-refractivity contribution in [1.82, 2.24) is 0 Å². The number of benzene rings is 2. The van der Waals surface area contributed by atoms with Gasteiger partial charge in [0.25, 0.3) is 0 Å². The van der Waals surface area contributed by atoms with Gasteiger partial charge in [0.05, 0.1) is 11.1 Å². The lowest BCUT2D eigenvalue weighted by Gasteiger charge is -2.14. The molecule has 0 aliphatic carbocycles. The molecule has 0 spiro atoms. The number of hydrogen-bond donors (Lipinski definition) is 0. The van der Waals surface area contributed by atoms with Crippen molar-refractivity contribution in [3.63, 3.8) is 0 Å². The van der Waals surface area contributed by atoms with Crippen molar-refractivity contribution in [3.05, 3.63) is 84.0 Å². The van der Waals surface area contributed by atoms with Crippen LogP contribution in [0.1, 0.15) is 174 Å². The smallest absolute Gasteiger partial charge is 0.289 e. The molecule has 0 bridgehead atoms. The first-order chi connectivity index (χ1) is 22.6. The lowest BCUT2D eigenvalue weighted by molar-refractivity contribution is -0.363. The van der Waals surface area contributed by atoms with Crippen LogP contribution in [0.5, 0.6) is 0 Å². The van der Waals surface area contributed by atoms with E-state index in [4.69, 9.17) is 19.6 Å². The summed E-state index contributed by atoms with van der Waals surface area (Å²) in [5.74, 6) is -1.26. The molecule has 6 nitrogen and oxygen atoms in total. The van der Waals surface area contributed by atoms with Gasteiger partial charge >= 0.3 is 18.2 Å². The molecule has 0 fully saturated rings. The van der Waals surface area contributed by atoms with Gasteiger partial charge < -0.3 is 0 Å². The largest absolute Gasteiger partial charge is 0.373 e. The van der Waals surface area contributed by atoms with E-state index in [9.17, 15) is 9.59 Å². The number of unbranched alkanes of at least 4 members (excludes halogenated alkanes) is 16. The molecule has 0 saturated carbocycles. The Labute approximate surface area is 279 Å². The standard InChI is InChI=1S/C40H60O6/c1-4-7-10-11-12-13-14-15-16-17-18-19-22-25-38(43-45-39(41)36-30-26-34(27-31-36)23-20-8-5-2)44-46-40(42)37-32-28-35(29-33-37)24-21-9-6-3/h26-33H,1,4-25H2,2-3H3. The molecule has 2 rings (SSSR count). The van der Waals surface area contributed by atoms with Crippen LogP contribution in [0.4, 0.5) is 0 Å². The molecule has 0 unspecified atom stereocenters. The highest BCUT2D eigenvalue weighted by Gasteiger charge is 2.21. The Hall–Kier alpha value is -2.70. The Bertz CT molecular complexity index is 963. The predicted molar refractivity (Wildman–Crippen MR) is 186 cm³/mol. The summed E-state index contributed by atoms with van der Waals surface area (Å²) in [5, 5.41) is 0. The second kappa shape index (κ2) is 26.4. The van der Waals surface area contributed by atoms with E-state index in [-0.39, 0.29) is 6.29 Å². The molecule has 0 atom stereocenters. The minimum absolute atomic E-state index is 0.0482. The van der Waals surface area contributed by atoms with E-state index in [1.165, 1.54) is 94.6 Å². The van der Waals surface area contributed by atoms with E-state index < -0.39 is 11.9 Å². The van der Waals surface area contributed by atoms with Crippen molar-refractivity contribution in [2.75, 3.05) is 0 Å². The molecule has 0 aliphatic rings. The number of aryl methyl sites for hydroxylation is 2. The van der Waals surface area contributed by atoms with Gasteiger partial charge in [-0.1, -0.05) is 148 Å². The molecule has 256 valence electrons. The van der Waals surface area contributed by atoms with Crippen LogP contribution < -0.4 is 0 Å². The quantitative estimate of drug-likeness (QED) is 0.0526. The number of carbonyl (C=O) groups excluding carboxylic acids is 2. The van der Waals surface area contributed by atoms with Crippen LogP contribution in [-0.2, 0) is 32.4 Å². The van der Waals surface area contributed by atoms with E-state index in [1.807, 2.05) is 24.3 Å². The highest BCUT2D eigenvalue weighted by molar-refractivity contribution is 5.89. The Morgan fingerprint density at radius 3 is 1.22 bits per heavy atom. The van der Waals surface area contributed by atoms with E-state index in [0.717, 1.165) is 51.4 Å². The summed E-state index contributed by atoms with van der Waals surface area (Å²) in [5.41, 5.74) is 3.13. The van der Waals surface area contributed by atoms with Crippen LogP contribution in [0.2, 0.25) is 0 Å². The topological polar surface area (TPSA) is 71.1 Å². The Morgan fingerprint density at radius 1 is 0.478 bits per heavy atom. The molecule has 0 saturated heterocycles. The third-order valence-electron chi connectivity index (χ3n) is 8.32. The van der Waals surface area contributed by atoms with Crippen LogP contribution >= 0.6 is 0 Å². The second-order valence-electron chi connectivity index (χ2n) is 12.4. The van der Waals surface area contributed by atoms with Crippen molar-refractivity contribution >= 4 is 11.9 Å². The molecule has 0 heterocycles. The molecule has 2 radical (unpaired) electrons. The van der Waals surface area contributed by atoms with Gasteiger partial charge in [0, 0.05) is 6.42 Å². The average Bonchev–Trinajstić information content (AvgIpc) is 3.08. The monoisotopic (exact) mass is 636 g/mol. The fourth-order valence-corrected chi connectivity index (χ4v) is 5.35. The summed E-state index contributed by atoms with van der Waals surface area (Å²) in [6.45, 7) is 8.27. The summed E-state index contributed by atoms with van der Waals surface area (Å²) in [4.78, 5) is 46.1. The Balaban J connectivity index is 1.79. The fraction of sp³-hybridized carbons (Fsp3) is 0.600. The van der Waals surface area contributed by atoms with Crippen molar-refractivity contribution in [2.45, 2.75) is 155 Å². The highest BCUT2D eigenvalue weighted by Crippen LogP contribution is 2.21. The maximum atomic E-state index is 12.7. The van der Waals surface area contributed by atoms with Gasteiger partial charge in [0.15, 0.2) is 0 Å². The van der Waals surface area contributed by atoms with Gasteiger partial charge in [0.2, 0.25) is 0 Å². The number of hydrogen-bond acceptors (Lipinski definition) is 6. The fourth-order valence-electron chi connectivity index (χ4n) is 5.35. The molecule has 0 aliphatic heterocycles. The summed E-state index contributed by atoms with van der Waals surface area (Å²) in [7, 11) is 0. The lowest BCUT2D eigenvalue weighted by Crippen LogP contribution is -2.16. The second-order valence-corrected chi connectivity index (χ2v) is 12.4. The van der Waals surface area contributed by atoms with Gasteiger partial charge in [-0.05, 0) is 67.5 Å². The van der Waals surface area contributed by atoms with Gasteiger partial charge in [-0.15, -0.1) is 9.78 Å². The Morgan fingerprint density at radius 2 is 0.848 bits per heavy atom. The third-order valence-corrected chi connectivity index (χ3v) is 8.32. The summed E-state index contributed by atoms with van der Waals surface area (Å²) < 4.78 is 0. The minimum atomic E-state index is -0.631. The van der Waals surface area contributed by atoms with Gasteiger partial charge in [-0.25, -0.2) is 9.59 Å². The molecular formula is C40H60O6. The summed E-state index contributed by atoms with van der Waals surface area (Å²) >= 11 is 0. The van der Waals surface area contributed by atoms with Crippen LogP contribution in [0.25, 0.3) is 0 Å². The van der Waals surface area contributed by atoms with Crippen molar-refractivity contribution in [2.24, 2.45) is 0 Å². The van der Waals surface area contributed by atoms with Gasteiger partial charge in [-0.3, -0.25) is 9.78 Å². The van der Waals surface area contributed by atoms with Gasteiger partial charge in [-0.2, -0.15) is 0 Å². The van der Waals surface area contributed by atoms with Crippen molar-refractivity contribution < 1.29 is 29.1 Å². The molecule has 0 amide bonds. The lowest BCUT2D eigenvalue weighted by atomic mass is 10.0. The first-order valence-corrected chi connectivity index (χ1v) is 18.2. The zero-order chi connectivity index (χ0) is 33.1. The van der Waals surface area contributed by atoms with Gasteiger partial charge in [0.1, 0.15) is 0 Å². The molecule has 0 aromatic heterocycles. The molecule has 2 aromatic carbocycles. The molecule has 0 N–H and O–H groups in total.